The van der Waals surface area contributed by atoms with Crippen molar-refractivity contribution in [2.45, 2.75) is 65.2 Å². The summed E-state index contributed by atoms with van der Waals surface area (Å²) in [6, 6.07) is 11.1. The third-order valence-corrected chi connectivity index (χ3v) is 5.74. The zero-order valence-electron chi connectivity index (χ0n) is 21.0. The van der Waals surface area contributed by atoms with E-state index in [2.05, 4.69) is 15.0 Å². The fraction of sp³-hybridized carbons (Fsp3) is 0.407. The van der Waals surface area contributed by atoms with E-state index in [1.165, 1.54) is 0 Å². The zero-order valence-corrected chi connectivity index (χ0v) is 21.0. The molecule has 182 valence electrons. The molecule has 0 radical (unpaired) electrons. The molecule has 4 rings (SSSR count). The Bertz CT molecular complexity index is 1280. The molecule has 0 saturated heterocycles. The standard InChI is InChI=1S/C27H30N4O4/c1-16(2)33-23-14-11-17(15-21(23)28-6)25-29-24(30-35-25)20-10-8-9-19-18(20)12-13-22(19)31(7)26(32)34-27(3,4)5/h8-11,14-16,22H,12-13H2,1-5,7H3/t22-/m1/s1. The quantitative estimate of drug-likeness (QED) is 0.388. The number of amides is 1. The Morgan fingerprint density at radius 2 is 2.03 bits per heavy atom. The second-order valence-corrected chi connectivity index (χ2v) is 9.90. The molecule has 35 heavy (non-hydrogen) atoms. The second-order valence-electron chi connectivity index (χ2n) is 9.90. The summed E-state index contributed by atoms with van der Waals surface area (Å²) in [6.45, 7) is 16.9. The Morgan fingerprint density at radius 3 is 2.71 bits per heavy atom. The molecule has 3 aromatic rings. The topological polar surface area (TPSA) is 82.1 Å². The molecule has 1 aliphatic rings. The highest BCUT2D eigenvalue weighted by molar-refractivity contribution is 5.72. The van der Waals surface area contributed by atoms with Gasteiger partial charge in [0.05, 0.1) is 18.7 Å². The van der Waals surface area contributed by atoms with Gasteiger partial charge in [-0.1, -0.05) is 23.4 Å². The molecular formula is C27H30N4O4. The first-order valence-electron chi connectivity index (χ1n) is 11.7. The van der Waals surface area contributed by atoms with Gasteiger partial charge in [-0.2, -0.15) is 4.98 Å². The number of hydrogen-bond acceptors (Lipinski definition) is 6. The van der Waals surface area contributed by atoms with E-state index in [0.717, 1.165) is 29.5 Å². The Kier molecular flexibility index (Phi) is 6.53. The van der Waals surface area contributed by atoms with Crippen LogP contribution in [-0.2, 0) is 11.2 Å². The van der Waals surface area contributed by atoms with Gasteiger partial charge in [0.2, 0.25) is 11.5 Å². The molecule has 1 heterocycles. The fourth-order valence-electron chi connectivity index (χ4n) is 4.25. The van der Waals surface area contributed by atoms with E-state index in [9.17, 15) is 4.79 Å². The number of rotatable bonds is 5. The van der Waals surface area contributed by atoms with Gasteiger partial charge in [-0.25, -0.2) is 9.64 Å². The van der Waals surface area contributed by atoms with Crippen molar-refractivity contribution >= 4 is 11.8 Å². The number of hydrogen-bond donors (Lipinski definition) is 0. The van der Waals surface area contributed by atoms with E-state index < -0.39 is 5.60 Å². The van der Waals surface area contributed by atoms with Crippen molar-refractivity contribution < 1.29 is 18.8 Å². The maximum absolute atomic E-state index is 12.6. The van der Waals surface area contributed by atoms with Crippen LogP contribution >= 0.6 is 0 Å². The van der Waals surface area contributed by atoms with Gasteiger partial charge >= 0.3 is 6.09 Å². The Balaban J connectivity index is 1.61. The van der Waals surface area contributed by atoms with Crippen molar-refractivity contribution in [1.82, 2.24) is 15.0 Å². The third kappa shape index (κ3) is 5.14. The molecule has 1 aliphatic carbocycles. The fourth-order valence-corrected chi connectivity index (χ4v) is 4.25. The minimum Gasteiger partial charge on any atom is -0.502 e. The lowest BCUT2D eigenvalue weighted by molar-refractivity contribution is 0.0220. The highest BCUT2D eigenvalue weighted by Crippen LogP contribution is 2.41. The van der Waals surface area contributed by atoms with Crippen LogP contribution in [-0.4, -0.2) is 39.9 Å². The van der Waals surface area contributed by atoms with E-state index in [4.69, 9.17) is 20.6 Å². The van der Waals surface area contributed by atoms with Crippen molar-refractivity contribution in [3.63, 3.8) is 0 Å². The van der Waals surface area contributed by atoms with Gasteiger partial charge in [0, 0.05) is 18.2 Å². The summed E-state index contributed by atoms with van der Waals surface area (Å²) in [4.78, 5) is 22.5. The van der Waals surface area contributed by atoms with Crippen molar-refractivity contribution in [3.05, 3.63) is 58.9 Å². The van der Waals surface area contributed by atoms with Crippen LogP contribution in [0.3, 0.4) is 0 Å². The molecule has 0 N–H and O–H groups in total. The molecule has 8 nitrogen and oxygen atoms in total. The lowest BCUT2D eigenvalue weighted by atomic mass is 10.0. The summed E-state index contributed by atoms with van der Waals surface area (Å²) in [5.41, 5.74) is 3.53. The summed E-state index contributed by atoms with van der Waals surface area (Å²) >= 11 is 0. The average Bonchev–Trinajstić information content (AvgIpc) is 3.45. The SMILES string of the molecule is [C-]#[N+]c1cc(-c2nc(-c3cccc4c3CC[C@H]4N(C)C(=O)OC(C)(C)C)no2)ccc1OC(C)C. The van der Waals surface area contributed by atoms with Crippen molar-refractivity contribution in [3.8, 4) is 28.6 Å². The molecule has 0 bridgehead atoms. The summed E-state index contributed by atoms with van der Waals surface area (Å²) in [5.74, 6) is 1.34. The normalized spacial score (nSPS) is 15.0. The maximum Gasteiger partial charge on any atom is 0.410 e. The molecule has 8 heteroatoms. The first kappa shape index (κ1) is 24.3. The number of ether oxygens (including phenoxy) is 2. The predicted molar refractivity (Wildman–Crippen MR) is 132 cm³/mol. The molecule has 0 spiro atoms. The first-order valence-corrected chi connectivity index (χ1v) is 11.7. The molecular weight excluding hydrogens is 444 g/mol. The lowest BCUT2D eigenvalue weighted by Crippen LogP contribution is -2.36. The molecule has 0 unspecified atom stereocenters. The van der Waals surface area contributed by atoms with Gasteiger partial charge < -0.3 is 18.9 Å². The van der Waals surface area contributed by atoms with E-state index in [0.29, 0.717) is 28.7 Å². The second kappa shape index (κ2) is 9.41. The van der Waals surface area contributed by atoms with Gasteiger partial charge in [-0.15, -0.1) is 0 Å². The number of fused-ring (bicyclic) bond motifs is 1. The van der Waals surface area contributed by atoms with Crippen LogP contribution in [0, 0.1) is 6.57 Å². The molecule has 2 aromatic carbocycles. The Hall–Kier alpha value is -3.86. The lowest BCUT2D eigenvalue weighted by Gasteiger charge is -2.29. The zero-order chi connectivity index (χ0) is 25.3. The van der Waals surface area contributed by atoms with Crippen LogP contribution in [0.2, 0.25) is 0 Å². The van der Waals surface area contributed by atoms with E-state index in [1.807, 2.05) is 58.9 Å². The van der Waals surface area contributed by atoms with Gasteiger partial charge in [0.25, 0.3) is 5.89 Å². The number of nitrogens with zero attached hydrogens (tertiary/aromatic N) is 4. The summed E-state index contributed by atoms with van der Waals surface area (Å²) < 4.78 is 16.8. The molecule has 0 saturated carbocycles. The van der Waals surface area contributed by atoms with Crippen LogP contribution in [0.1, 0.15) is 58.2 Å². The highest BCUT2D eigenvalue weighted by atomic mass is 16.6. The van der Waals surface area contributed by atoms with Crippen LogP contribution in [0.4, 0.5) is 10.5 Å². The molecule has 1 amide bonds. The smallest absolute Gasteiger partial charge is 0.410 e. The number of carbonyl (C=O) groups excluding carboxylic acids is 1. The number of aromatic nitrogens is 2. The van der Waals surface area contributed by atoms with E-state index in [1.54, 1.807) is 24.1 Å². The van der Waals surface area contributed by atoms with Gasteiger partial charge in [-0.05, 0) is 76.8 Å². The minimum absolute atomic E-state index is 0.0327. The first-order chi connectivity index (χ1) is 16.6. The van der Waals surface area contributed by atoms with Crippen LogP contribution in [0.25, 0.3) is 27.7 Å². The van der Waals surface area contributed by atoms with Gasteiger partial charge in [0.15, 0.2) is 0 Å². The summed E-state index contributed by atoms with van der Waals surface area (Å²) in [7, 11) is 1.77. The monoisotopic (exact) mass is 474 g/mol. The van der Waals surface area contributed by atoms with E-state index in [-0.39, 0.29) is 18.2 Å². The minimum atomic E-state index is -0.554. The van der Waals surface area contributed by atoms with Crippen molar-refractivity contribution in [2.75, 3.05) is 7.05 Å². The van der Waals surface area contributed by atoms with Crippen molar-refractivity contribution in [1.29, 1.82) is 0 Å². The molecule has 1 atom stereocenters. The van der Waals surface area contributed by atoms with Crippen LogP contribution in [0.5, 0.6) is 5.75 Å². The Morgan fingerprint density at radius 1 is 1.26 bits per heavy atom. The van der Waals surface area contributed by atoms with E-state index >= 15 is 0 Å². The van der Waals surface area contributed by atoms with Crippen LogP contribution < -0.4 is 4.74 Å². The van der Waals surface area contributed by atoms with Crippen molar-refractivity contribution in [2.24, 2.45) is 0 Å². The predicted octanol–water partition coefficient (Wildman–Crippen LogP) is 6.60. The van der Waals surface area contributed by atoms with Gasteiger partial charge in [-0.3, -0.25) is 0 Å². The highest BCUT2D eigenvalue weighted by Gasteiger charge is 2.33. The third-order valence-electron chi connectivity index (χ3n) is 5.74. The molecule has 0 aliphatic heterocycles. The summed E-state index contributed by atoms with van der Waals surface area (Å²) in [6.07, 6.45) is 1.20. The Labute approximate surface area is 205 Å². The average molecular weight is 475 g/mol. The molecule has 1 aromatic heterocycles. The summed E-state index contributed by atoms with van der Waals surface area (Å²) in [5, 5.41) is 4.22. The number of benzene rings is 2. The number of carbonyl (C=O) groups is 1. The largest absolute Gasteiger partial charge is 0.502 e. The van der Waals surface area contributed by atoms with Crippen LogP contribution in [0.15, 0.2) is 40.9 Å². The maximum atomic E-state index is 12.6. The van der Waals surface area contributed by atoms with Gasteiger partial charge in [0.1, 0.15) is 11.4 Å². The molecule has 0 fully saturated rings.